The maximum atomic E-state index is 14.3. The predicted octanol–water partition coefficient (Wildman–Crippen LogP) is 8.20. The van der Waals surface area contributed by atoms with Crippen molar-refractivity contribution >= 4 is 27.9 Å². The second-order valence-corrected chi connectivity index (χ2v) is 20.6. The number of rotatable bonds is 6. The van der Waals surface area contributed by atoms with Crippen molar-refractivity contribution in [1.29, 1.82) is 0 Å². The molecule has 0 amide bonds. The third-order valence-electron chi connectivity index (χ3n) is 16.0. The number of aliphatic hydroxyl groups excluding tert-OH is 1. The minimum atomic E-state index is -4.67. The molecule has 1 aromatic heterocycles. The molecule has 338 valence electrons. The number of ketones is 2. The molecule has 3 aromatic rings. The highest BCUT2D eigenvalue weighted by Crippen LogP contribution is 2.81. The minimum absolute atomic E-state index is 0.0453. The fourth-order valence-electron chi connectivity index (χ4n) is 13.5. The lowest BCUT2D eigenvalue weighted by atomic mass is 9.38. The predicted molar refractivity (Wildman–Crippen MR) is 232 cm³/mol. The molecule has 14 heteroatoms. The van der Waals surface area contributed by atoms with Crippen LogP contribution < -0.4 is 0 Å². The summed E-state index contributed by atoms with van der Waals surface area (Å²) in [6.07, 6.45) is 12.6. The number of hydrogen-bond donors (Lipinski definition) is 3. The maximum Gasteiger partial charge on any atom is 0.394 e. The summed E-state index contributed by atoms with van der Waals surface area (Å²) < 4.78 is 56.2. The van der Waals surface area contributed by atoms with E-state index >= 15 is 0 Å². The summed E-state index contributed by atoms with van der Waals surface area (Å²) in [5, 5.41) is 11.5. The van der Waals surface area contributed by atoms with Gasteiger partial charge in [0.1, 0.15) is 17.8 Å². The zero-order valence-electron chi connectivity index (χ0n) is 36.9. The quantitative estimate of drug-likeness (QED) is 0.122. The zero-order chi connectivity index (χ0) is 45.5. The van der Waals surface area contributed by atoms with E-state index in [4.69, 9.17) is 36.2 Å². The highest BCUT2D eigenvalue weighted by Gasteiger charge is 2.89. The number of carbonyl (C=O) groups is 3. The number of ether oxygens (including phenoxy) is 3. The largest absolute Gasteiger partial charge is 0.504 e. The molecule has 3 aliphatic heterocycles. The Labute approximate surface area is 369 Å². The molecule has 4 aliphatic carbocycles. The lowest BCUT2D eigenvalue weighted by Gasteiger charge is -2.64. The molecule has 13 nitrogen and oxygen atoms in total. The summed E-state index contributed by atoms with van der Waals surface area (Å²) in [5.74, 6) is -1.84. The van der Waals surface area contributed by atoms with E-state index in [0.29, 0.717) is 36.6 Å². The lowest BCUT2D eigenvalue weighted by Crippen LogP contribution is -2.70. The third-order valence-corrected chi connectivity index (χ3v) is 16.0. The molecule has 7 aliphatic rings. The molecule has 3 saturated heterocycles. The summed E-state index contributed by atoms with van der Waals surface area (Å²) in [6, 6.07) is 24.7. The van der Waals surface area contributed by atoms with E-state index in [1.165, 1.54) is 43.7 Å². The van der Waals surface area contributed by atoms with E-state index in [-0.39, 0.29) is 29.7 Å². The van der Waals surface area contributed by atoms with Gasteiger partial charge in [0.25, 0.3) is 0 Å². The molecule has 10 rings (SSSR count). The number of furan rings is 1. The van der Waals surface area contributed by atoms with Gasteiger partial charge >= 0.3 is 16.4 Å². The van der Waals surface area contributed by atoms with Crippen molar-refractivity contribution in [1.82, 2.24) is 4.90 Å². The SMILES string of the molecule is CC(=O)OC1CC2(C)C(c3ccoc3)CC3OC32C2(C)C(=O)C(O)=C3C(C)(C)C(=O)C=CC3(C)C12.CN1C2CCC1CC(OC(c1ccccc1)c1ccccc1)C2.O=S(=O)(O)O. The molecule has 10 unspecified atom stereocenters. The Hall–Kier alpha value is -4.44. The summed E-state index contributed by atoms with van der Waals surface area (Å²) in [4.78, 5) is 42.2. The van der Waals surface area contributed by atoms with Crippen LogP contribution in [0.15, 0.2) is 107 Å². The first-order valence-corrected chi connectivity index (χ1v) is 23.2. The van der Waals surface area contributed by atoms with Crippen molar-refractivity contribution in [3.8, 4) is 0 Å². The summed E-state index contributed by atoms with van der Waals surface area (Å²) in [7, 11) is -2.38. The van der Waals surface area contributed by atoms with Crippen LogP contribution in [0.1, 0.15) is 109 Å². The average molecular weight is 886 g/mol. The van der Waals surface area contributed by atoms with E-state index in [2.05, 4.69) is 79.5 Å². The van der Waals surface area contributed by atoms with E-state index in [1.54, 1.807) is 38.5 Å². The van der Waals surface area contributed by atoms with Crippen LogP contribution in [0.25, 0.3) is 0 Å². The Morgan fingerprint density at radius 1 is 0.889 bits per heavy atom. The van der Waals surface area contributed by atoms with Gasteiger partial charge in [0.05, 0.1) is 35.6 Å². The van der Waals surface area contributed by atoms with Crippen molar-refractivity contribution in [3.05, 3.63) is 119 Å². The number of hydrogen-bond acceptors (Lipinski definition) is 11. The van der Waals surface area contributed by atoms with E-state index in [1.807, 2.05) is 19.9 Å². The Kier molecular flexibility index (Phi) is 11.4. The first-order chi connectivity index (χ1) is 29.6. The molecule has 3 N–H and O–H groups in total. The van der Waals surface area contributed by atoms with Crippen molar-refractivity contribution < 1.29 is 55.6 Å². The van der Waals surface area contributed by atoms with Crippen LogP contribution in [-0.4, -0.2) is 88.1 Å². The maximum absolute atomic E-state index is 14.3. The smallest absolute Gasteiger partial charge is 0.394 e. The molecule has 2 aromatic carbocycles. The van der Waals surface area contributed by atoms with Crippen LogP contribution in [0, 0.1) is 27.6 Å². The zero-order valence-corrected chi connectivity index (χ0v) is 37.7. The number of piperidine rings is 1. The van der Waals surface area contributed by atoms with Crippen LogP contribution in [0.5, 0.6) is 0 Å². The topological polar surface area (TPSA) is 193 Å². The van der Waals surface area contributed by atoms with Crippen LogP contribution in [-0.2, 0) is 39.0 Å². The molecule has 5 fully saturated rings. The van der Waals surface area contributed by atoms with Gasteiger partial charge in [-0.3, -0.25) is 23.5 Å². The molecule has 0 radical (unpaired) electrons. The van der Waals surface area contributed by atoms with Gasteiger partial charge in [0.15, 0.2) is 11.5 Å². The Bertz CT molecular complexity index is 2350. The van der Waals surface area contributed by atoms with Crippen molar-refractivity contribution in [2.24, 2.45) is 27.6 Å². The Balaban J connectivity index is 0.000000167. The highest BCUT2D eigenvalue weighted by atomic mass is 32.3. The third kappa shape index (κ3) is 7.34. The molecular formula is C49H59NO12S. The Morgan fingerprint density at radius 3 is 1.98 bits per heavy atom. The summed E-state index contributed by atoms with van der Waals surface area (Å²) in [5.41, 5.74) is -0.549. The summed E-state index contributed by atoms with van der Waals surface area (Å²) in [6.45, 7) is 10.8. The molecule has 10 atom stereocenters. The number of nitrogens with zero attached hydrogens (tertiary/aromatic N) is 1. The van der Waals surface area contributed by atoms with Crippen LogP contribution >= 0.6 is 0 Å². The van der Waals surface area contributed by atoms with Crippen LogP contribution in [0.3, 0.4) is 0 Å². The number of allylic oxidation sites excluding steroid dienone is 4. The number of fused-ring (bicyclic) bond motifs is 5. The molecule has 2 bridgehead atoms. The lowest BCUT2D eigenvalue weighted by molar-refractivity contribution is -0.200. The number of esters is 1. The first-order valence-electron chi connectivity index (χ1n) is 21.8. The second kappa shape index (κ2) is 15.9. The van der Waals surface area contributed by atoms with Gasteiger partial charge in [0.2, 0.25) is 5.78 Å². The summed E-state index contributed by atoms with van der Waals surface area (Å²) >= 11 is 0. The van der Waals surface area contributed by atoms with Crippen molar-refractivity contribution in [3.63, 3.8) is 0 Å². The fraction of sp³-hybridized carbons (Fsp3) is 0.531. The number of aliphatic hydroxyl groups is 1. The van der Waals surface area contributed by atoms with Gasteiger partial charge in [-0.25, -0.2) is 0 Å². The average Bonchev–Trinajstić information content (AvgIpc) is 3.49. The van der Waals surface area contributed by atoms with E-state index < -0.39 is 61.4 Å². The molecule has 1 spiro atoms. The van der Waals surface area contributed by atoms with Crippen LogP contribution in [0.4, 0.5) is 0 Å². The normalized spacial score (nSPS) is 37.1. The number of benzene rings is 2. The van der Waals surface area contributed by atoms with Gasteiger partial charge in [0, 0.05) is 35.8 Å². The molecular weight excluding hydrogens is 827 g/mol. The fourth-order valence-corrected chi connectivity index (χ4v) is 13.5. The van der Waals surface area contributed by atoms with Gasteiger partial charge in [-0.1, -0.05) is 80.6 Å². The van der Waals surface area contributed by atoms with Gasteiger partial charge in [-0.2, -0.15) is 8.42 Å². The number of Topliss-reactive ketones (excluding diaryl/α,β-unsaturated/α-hetero) is 1. The standard InChI is InChI=1S/C28H32O7.C21H25NO.H2O4S/c1-14(29)34-17-12-26(5)16(15-8-10-33-13-15)11-19-28(26,35-19)27(6)21(17)25(4)9-7-18(30)24(2,3)22(25)20(31)23(27)32;1-22-18-12-13-19(22)15-20(14-18)23-21(16-8-4-2-5-9-16)17-10-6-3-7-11-17;1-5(2,3)4/h7-10,13,16-17,19,21,31H,11-12H2,1-6H3;2-11,18-21H,12-15H2,1H3;(H2,1,2,3,4). The highest BCUT2D eigenvalue weighted by molar-refractivity contribution is 7.79. The molecule has 63 heavy (non-hydrogen) atoms. The van der Waals surface area contributed by atoms with Gasteiger partial charge in [-0.15, -0.1) is 0 Å². The first kappa shape index (κ1) is 45.1. The van der Waals surface area contributed by atoms with Crippen molar-refractivity contribution in [2.45, 2.75) is 128 Å². The Morgan fingerprint density at radius 2 is 1.46 bits per heavy atom. The monoisotopic (exact) mass is 885 g/mol. The van der Waals surface area contributed by atoms with E-state index in [0.717, 1.165) is 5.56 Å². The van der Waals surface area contributed by atoms with Crippen molar-refractivity contribution in [2.75, 3.05) is 7.05 Å². The van der Waals surface area contributed by atoms with Gasteiger partial charge in [-0.05, 0) is 107 Å². The second-order valence-electron chi connectivity index (χ2n) is 19.7. The molecule has 2 saturated carbocycles. The number of epoxide rings is 1. The van der Waals surface area contributed by atoms with Gasteiger partial charge < -0.3 is 28.6 Å². The molecule has 4 heterocycles. The minimum Gasteiger partial charge on any atom is -0.504 e. The number of carbonyl (C=O) groups excluding carboxylic acids is 3. The van der Waals surface area contributed by atoms with Crippen LogP contribution in [0.2, 0.25) is 0 Å². The van der Waals surface area contributed by atoms with E-state index in [9.17, 15) is 19.5 Å².